The first-order valence-corrected chi connectivity index (χ1v) is 9.89. The molecule has 0 bridgehead atoms. The number of halogens is 3. The summed E-state index contributed by atoms with van der Waals surface area (Å²) < 4.78 is 41.5. The molecule has 0 aliphatic carbocycles. The molecule has 0 aliphatic rings. The van der Waals surface area contributed by atoms with Crippen LogP contribution >= 0.6 is 0 Å². The molecule has 0 unspecified atom stereocenters. The highest BCUT2D eigenvalue weighted by atomic mass is 19.4. The topological polar surface area (TPSA) is 123 Å². The van der Waals surface area contributed by atoms with Gasteiger partial charge in [-0.3, -0.25) is 14.8 Å². The minimum Gasteiger partial charge on any atom is -0.323 e. The van der Waals surface area contributed by atoms with Gasteiger partial charge in [0.25, 0.3) is 5.91 Å². The molecule has 1 amide bonds. The molecule has 0 fully saturated rings. The zero-order valence-corrected chi connectivity index (χ0v) is 17.7. The summed E-state index contributed by atoms with van der Waals surface area (Å²) in [4.78, 5) is 24.8. The van der Waals surface area contributed by atoms with Gasteiger partial charge in [-0.1, -0.05) is 5.92 Å². The minimum absolute atomic E-state index is 0.0468. The van der Waals surface area contributed by atoms with E-state index in [1.54, 1.807) is 29.0 Å². The second-order valence-electron chi connectivity index (χ2n) is 6.95. The van der Waals surface area contributed by atoms with Crippen LogP contribution in [0.15, 0.2) is 71.3 Å². The van der Waals surface area contributed by atoms with Gasteiger partial charge in [-0.05, 0) is 42.3 Å². The van der Waals surface area contributed by atoms with E-state index < -0.39 is 17.6 Å². The van der Waals surface area contributed by atoms with Crippen molar-refractivity contribution < 1.29 is 18.0 Å². The number of benzene rings is 1. The third-order valence-corrected chi connectivity index (χ3v) is 4.49. The number of aromatic nitrogens is 4. The number of rotatable bonds is 4. The molecule has 3 aromatic heterocycles. The maximum absolute atomic E-state index is 13.3. The van der Waals surface area contributed by atoms with Crippen molar-refractivity contribution in [3.63, 3.8) is 0 Å². The van der Waals surface area contributed by atoms with Gasteiger partial charge in [0.2, 0.25) is 0 Å². The van der Waals surface area contributed by atoms with E-state index in [9.17, 15) is 18.0 Å². The van der Waals surface area contributed by atoms with E-state index in [0.717, 1.165) is 24.6 Å². The fourth-order valence-electron chi connectivity index (χ4n) is 2.97. The molecule has 3 heterocycles. The second-order valence-corrected chi connectivity index (χ2v) is 6.95. The van der Waals surface area contributed by atoms with Crippen LogP contribution in [-0.2, 0) is 6.18 Å². The SMILES string of the molecule is N/N=C\C=Nc1cc(NC(=O)c2cncc(C#Cc3cnc4cccnn34)c2)cc(C(F)(F)F)c1. The lowest BCUT2D eigenvalue weighted by Gasteiger charge is -2.11. The molecule has 0 saturated carbocycles. The van der Waals surface area contributed by atoms with E-state index in [0.29, 0.717) is 16.9 Å². The summed E-state index contributed by atoms with van der Waals surface area (Å²) in [5, 5.41) is 9.80. The van der Waals surface area contributed by atoms with Crippen LogP contribution in [0.4, 0.5) is 24.5 Å². The fraction of sp³-hybridized carbons (Fsp3) is 0.0435. The Balaban J connectivity index is 1.58. The van der Waals surface area contributed by atoms with Gasteiger partial charge in [0.05, 0.1) is 29.2 Å². The molecular formula is C23H15F3N8O. The fourth-order valence-corrected chi connectivity index (χ4v) is 2.97. The number of hydrazone groups is 1. The van der Waals surface area contributed by atoms with Crippen LogP contribution in [0.3, 0.4) is 0 Å². The average Bonchev–Trinajstić information content (AvgIpc) is 3.25. The molecular weight excluding hydrogens is 461 g/mol. The quantitative estimate of drug-likeness (QED) is 0.202. The number of carbonyl (C=O) groups excluding carboxylic acids is 1. The zero-order valence-electron chi connectivity index (χ0n) is 17.7. The van der Waals surface area contributed by atoms with Crippen LogP contribution in [0.25, 0.3) is 5.65 Å². The standard InChI is InChI=1S/C23H15F3N8O/c24-23(25,26)17-9-18(29-6-7-31-27)11-19(10-17)33-22(35)16-8-15(12-28-13-16)3-4-20-14-30-21-2-1-5-32-34(20)21/h1-2,5-14H,27H2,(H,33,35)/b29-6?,31-7-. The van der Waals surface area contributed by atoms with E-state index in [-0.39, 0.29) is 16.9 Å². The lowest BCUT2D eigenvalue weighted by molar-refractivity contribution is -0.137. The largest absolute Gasteiger partial charge is 0.416 e. The van der Waals surface area contributed by atoms with Crippen molar-refractivity contribution in [2.24, 2.45) is 15.9 Å². The number of hydrogen-bond donors (Lipinski definition) is 2. The van der Waals surface area contributed by atoms with Crippen LogP contribution in [0, 0.1) is 11.8 Å². The van der Waals surface area contributed by atoms with Gasteiger partial charge in [0, 0.05) is 36.1 Å². The van der Waals surface area contributed by atoms with E-state index in [1.165, 1.54) is 24.5 Å². The van der Waals surface area contributed by atoms with Gasteiger partial charge in [0.1, 0.15) is 5.69 Å². The predicted octanol–water partition coefficient (Wildman–Crippen LogP) is 3.44. The highest BCUT2D eigenvalue weighted by Crippen LogP contribution is 2.34. The maximum atomic E-state index is 13.3. The Labute approximate surface area is 196 Å². The predicted molar refractivity (Wildman–Crippen MR) is 123 cm³/mol. The van der Waals surface area contributed by atoms with Crippen molar-refractivity contribution in [1.29, 1.82) is 0 Å². The number of nitrogens with two attached hydrogens (primary N) is 1. The molecule has 0 radical (unpaired) electrons. The minimum atomic E-state index is -4.64. The Morgan fingerprint density at radius 3 is 2.77 bits per heavy atom. The van der Waals surface area contributed by atoms with Crippen molar-refractivity contribution in [2.45, 2.75) is 6.18 Å². The van der Waals surface area contributed by atoms with Crippen molar-refractivity contribution in [3.05, 3.63) is 83.6 Å². The summed E-state index contributed by atoms with van der Waals surface area (Å²) in [5.74, 6) is 10.1. The zero-order chi connectivity index (χ0) is 24.8. The lowest BCUT2D eigenvalue weighted by Crippen LogP contribution is -2.13. The molecule has 4 aromatic rings. The van der Waals surface area contributed by atoms with Gasteiger partial charge in [0.15, 0.2) is 5.65 Å². The number of nitrogens with zero attached hydrogens (tertiary/aromatic N) is 6. The third kappa shape index (κ3) is 5.66. The number of fused-ring (bicyclic) bond motifs is 1. The van der Waals surface area contributed by atoms with Crippen LogP contribution in [-0.4, -0.2) is 37.9 Å². The number of imidazole rings is 1. The summed E-state index contributed by atoms with van der Waals surface area (Å²) in [6.45, 7) is 0. The van der Waals surface area contributed by atoms with Crippen molar-refractivity contribution in [3.8, 4) is 11.8 Å². The Morgan fingerprint density at radius 1 is 1.11 bits per heavy atom. The number of anilines is 1. The number of aliphatic imine (C=N–C) groups is 1. The molecule has 0 saturated heterocycles. The van der Waals surface area contributed by atoms with Crippen LogP contribution in [0.2, 0.25) is 0 Å². The highest BCUT2D eigenvalue weighted by molar-refractivity contribution is 6.16. The molecule has 174 valence electrons. The normalized spacial score (nSPS) is 11.6. The van der Waals surface area contributed by atoms with Crippen LogP contribution < -0.4 is 11.2 Å². The smallest absolute Gasteiger partial charge is 0.323 e. The average molecular weight is 476 g/mol. The lowest BCUT2D eigenvalue weighted by atomic mass is 10.1. The Bertz CT molecular complexity index is 1510. The van der Waals surface area contributed by atoms with Gasteiger partial charge in [-0.15, -0.1) is 0 Å². The second kappa shape index (κ2) is 9.84. The van der Waals surface area contributed by atoms with Crippen molar-refractivity contribution in [2.75, 3.05) is 5.32 Å². The number of alkyl halides is 3. The summed E-state index contributed by atoms with van der Waals surface area (Å²) in [6.07, 6.45) is 3.50. The van der Waals surface area contributed by atoms with Crippen LogP contribution in [0.5, 0.6) is 0 Å². The van der Waals surface area contributed by atoms with E-state index in [1.807, 2.05) is 0 Å². The number of amides is 1. The molecule has 9 nitrogen and oxygen atoms in total. The molecule has 12 heteroatoms. The van der Waals surface area contributed by atoms with Crippen molar-refractivity contribution >= 4 is 35.4 Å². The van der Waals surface area contributed by atoms with E-state index in [4.69, 9.17) is 5.84 Å². The molecule has 0 atom stereocenters. The van der Waals surface area contributed by atoms with Crippen LogP contribution in [0.1, 0.15) is 27.2 Å². The molecule has 0 aliphatic heterocycles. The Hall–Kier alpha value is -5.05. The number of hydrogen-bond acceptors (Lipinski definition) is 7. The molecule has 0 spiro atoms. The van der Waals surface area contributed by atoms with Crippen molar-refractivity contribution in [1.82, 2.24) is 19.6 Å². The highest BCUT2D eigenvalue weighted by Gasteiger charge is 2.31. The first-order valence-electron chi connectivity index (χ1n) is 9.89. The first-order chi connectivity index (χ1) is 16.8. The summed E-state index contributed by atoms with van der Waals surface area (Å²) >= 11 is 0. The summed E-state index contributed by atoms with van der Waals surface area (Å²) in [6, 6.07) is 7.92. The molecule has 3 N–H and O–H groups in total. The summed E-state index contributed by atoms with van der Waals surface area (Å²) in [5.41, 5.74) is 0.552. The van der Waals surface area contributed by atoms with E-state index in [2.05, 4.69) is 42.3 Å². The maximum Gasteiger partial charge on any atom is 0.416 e. The number of pyridine rings is 1. The third-order valence-electron chi connectivity index (χ3n) is 4.49. The van der Waals surface area contributed by atoms with Gasteiger partial charge in [-0.2, -0.15) is 23.4 Å². The summed E-state index contributed by atoms with van der Waals surface area (Å²) in [7, 11) is 0. The Kier molecular flexibility index (Phi) is 6.50. The van der Waals surface area contributed by atoms with Gasteiger partial charge < -0.3 is 11.2 Å². The number of nitrogens with one attached hydrogen (secondary N) is 1. The monoisotopic (exact) mass is 476 g/mol. The number of carbonyl (C=O) groups is 1. The van der Waals surface area contributed by atoms with E-state index >= 15 is 0 Å². The first kappa shape index (κ1) is 23.1. The van der Waals surface area contributed by atoms with Gasteiger partial charge >= 0.3 is 6.18 Å². The molecule has 1 aromatic carbocycles. The van der Waals surface area contributed by atoms with Gasteiger partial charge in [-0.25, -0.2) is 9.50 Å². The molecule has 4 rings (SSSR count). The molecule has 35 heavy (non-hydrogen) atoms. The Morgan fingerprint density at radius 2 is 1.97 bits per heavy atom.